The summed E-state index contributed by atoms with van der Waals surface area (Å²) in [6.45, 7) is 5.78. The van der Waals surface area contributed by atoms with E-state index in [1.165, 1.54) is 0 Å². The number of aliphatic hydroxyl groups is 1. The molecule has 1 saturated heterocycles. The van der Waals surface area contributed by atoms with Crippen LogP contribution in [-0.4, -0.2) is 28.7 Å². The summed E-state index contributed by atoms with van der Waals surface area (Å²) in [6.07, 6.45) is 3.94. The lowest BCUT2D eigenvalue weighted by Gasteiger charge is -2.25. The summed E-state index contributed by atoms with van der Waals surface area (Å²) in [4.78, 5) is 0. The third-order valence-corrected chi connectivity index (χ3v) is 2.71. The first kappa shape index (κ1) is 9.19. The standard InChI is InChI=1S/C10H16O3/c1-7-10(5-4-8(11)6-10)13-9(2,3)12-7/h4-5,7-8,11H,6H2,1-3H3/t7-,8-,10+/m1/s1. The molecule has 13 heavy (non-hydrogen) atoms. The van der Waals surface area contributed by atoms with Crippen LogP contribution in [0.15, 0.2) is 12.2 Å². The molecule has 2 rings (SSSR count). The molecule has 1 aliphatic heterocycles. The quantitative estimate of drug-likeness (QED) is 0.575. The van der Waals surface area contributed by atoms with Crippen LogP contribution < -0.4 is 0 Å². The maximum atomic E-state index is 9.42. The van der Waals surface area contributed by atoms with Gasteiger partial charge in [-0.1, -0.05) is 12.2 Å². The minimum Gasteiger partial charge on any atom is -0.389 e. The number of hydrogen-bond acceptors (Lipinski definition) is 3. The first-order chi connectivity index (χ1) is 5.94. The lowest BCUT2D eigenvalue weighted by molar-refractivity contribution is -0.156. The summed E-state index contributed by atoms with van der Waals surface area (Å²) in [7, 11) is 0. The fraction of sp³-hybridized carbons (Fsp3) is 0.800. The molecule has 0 radical (unpaired) electrons. The second-order valence-electron chi connectivity index (χ2n) is 4.35. The highest BCUT2D eigenvalue weighted by molar-refractivity contribution is 5.18. The fourth-order valence-electron chi connectivity index (χ4n) is 2.20. The van der Waals surface area contributed by atoms with Gasteiger partial charge >= 0.3 is 0 Å². The predicted molar refractivity (Wildman–Crippen MR) is 48.2 cm³/mol. The minimum atomic E-state index is -0.534. The van der Waals surface area contributed by atoms with E-state index in [4.69, 9.17) is 9.47 Å². The first-order valence-corrected chi connectivity index (χ1v) is 4.69. The van der Waals surface area contributed by atoms with Crippen LogP contribution in [0.2, 0.25) is 0 Å². The fourth-order valence-corrected chi connectivity index (χ4v) is 2.20. The van der Waals surface area contributed by atoms with Crippen LogP contribution in [-0.2, 0) is 9.47 Å². The van der Waals surface area contributed by atoms with E-state index in [9.17, 15) is 5.11 Å². The first-order valence-electron chi connectivity index (χ1n) is 4.69. The third kappa shape index (κ3) is 1.41. The Bertz CT molecular complexity index is 247. The van der Waals surface area contributed by atoms with Crippen LogP contribution >= 0.6 is 0 Å². The molecular weight excluding hydrogens is 168 g/mol. The molecule has 0 bridgehead atoms. The molecule has 3 nitrogen and oxygen atoms in total. The minimum absolute atomic E-state index is 0.0101. The van der Waals surface area contributed by atoms with Gasteiger partial charge in [-0.25, -0.2) is 0 Å². The molecule has 0 aromatic carbocycles. The Labute approximate surface area is 78.3 Å². The second-order valence-corrected chi connectivity index (χ2v) is 4.35. The lowest BCUT2D eigenvalue weighted by atomic mass is 9.97. The zero-order chi connectivity index (χ0) is 9.69. The van der Waals surface area contributed by atoms with Gasteiger partial charge in [-0.3, -0.25) is 0 Å². The van der Waals surface area contributed by atoms with Crippen molar-refractivity contribution in [2.45, 2.75) is 50.8 Å². The third-order valence-electron chi connectivity index (χ3n) is 2.71. The highest BCUT2D eigenvalue weighted by atomic mass is 16.8. The number of ether oxygens (including phenoxy) is 2. The van der Waals surface area contributed by atoms with E-state index in [0.29, 0.717) is 6.42 Å². The maximum Gasteiger partial charge on any atom is 0.164 e. The van der Waals surface area contributed by atoms with Crippen molar-refractivity contribution < 1.29 is 14.6 Å². The van der Waals surface area contributed by atoms with Crippen LogP contribution in [0.1, 0.15) is 27.2 Å². The summed E-state index contributed by atoms with van der Waals surface area (Å²) < 4.78 is 11.5. The molecule has 0 aromatic heterocycles. The van der Waals surface area contributed by atoms with Crippen molar-refractivity contribution in [3.05, 3.63) is 12.2 Å². The molecule has 1 N–H and O–H groups in total. The van der Waals surface area contributed by atoms with Crippen LogP contribution in [0.5, 0.6) is 0 Å². The molecule has 1 fully saturated rings. The van der Waals surface area contributed by atoms with Crippen LogP contribution in [0.4, 0.5) is 0 Å². The molecule has 3 atom stereocenters. The van der Waals surface area contributed by atoms with E-state index in [0.717, 1.165) is 0 Å². The van der Waals surface area contributed by atoms with E-state index in [1.807, 2.05) is 26.8 Å². The van der Waals surface area contributed by atoms with Crippen LogP contribution in [0.3, 0.4) is 0 Å². The summed E-state index contributed by atoms with van der Waals surface area (Å²) in [5.74, 6) is -0.534. The van der Waals surface area contributed by atoms with E-state index >= 15 is 0 Å². The van der Waals surface area contributed by atoms with Gasteiger partial charge in [-0.15, -0.1) is 0 Å². The topological polar surface area (TPSA) is 38.7 Å². The molecule has 0 amide bonds. The van der Waals surface area contributed by atoms with E-state index in [-0.39, 0.29) is 12.2 Å². The van der Waals surface area contributed by atoms with Crippen molar-refractivity contribution in [2.75, 3.05) is 0 Å². The summed E-state index contributed by atoms with van der Waals surface area (Å²) in [6, 6.07) is 0. The van der Waals surface area contributed by atoms with E-state index in [2.05, 4.69) is 0 Å². The van der Waals surface area contributed by atoms with Gasteiger partial charge in [0.25, 0.3) is 0 Å². The average molecular weight is 184 g/mol. The molecule has 74 valence electrons. The Morgan fingerprint density at radius 2 is 2.15 bits per heavy atom. The van der Waals surface area contributed by atoms with Gasteiger partial charge in [0.05, 0.1) is 12.2 Å². The molecule has 1 heterocycles. The van der Waals surface area contributed by atoms with Crippen LogP contribution in [0.25, 0.3) is 0 Å². The van der Waals surface area contributed by atoms with Crippen molar-refractivity contribution >= 4 is 0 Å². The van der Waals surface area contributed by atoms with Crippen LogP contribution in [0, 0.1) is 0 Å². The Hall–Kier alpha value is -0.380. The maximum absolute atomic E-state index is 9.42. The summed E-state index contributed by atoms with van der Waals surface area (Å²) >= 11 is 0. The molecule has 0 unspecified atom stereocenters. The molecule has 0 saturated carbocycles. The normalized spacial score (nSPS) is 47.7. The average Bonchev–Trinajstić information content (AvgIpc) is 2.39. The molecule has 1 aliphatic carbocycles. The second kappa shape index (κ2) is 2.56. The van der Waals surface area contributed by atoms with Gasteiger partial charge in [-0.2, -0.15) is 0 Å². The summed E-state index contributed by atoms with van der Waals surface area (Å²) in [5.41, 5.74) is -0.400. The van der Waals surface area contributed by atoms with Crippen molar-refractivity contribution in [1.29, 1.82) is 0 Å². The Kier molecular flexibility index (Phi) is 1.81. The number of hydrogen-bond donors (Lipinski definition) is 1. The van der Waals surface area contributed by atoms with Gasteiger partial charge in [0.2, 0.25) is 0 Å². The van der Waals surface area contributed by atoms with Gasteiger partial charge in [0.15, 0.2) is 5.79 Å². The highest BCUT2D eigenvalue weighted by Crippen LogP contribution is 2.43. The molecule has 2 aliphatic rings. The monoisotopic (exact) mass is 184 g/mol. The van der Waals surface area contributed by atoms with Crippen molar-refractivity contribution in [3.63, 3.8) is 0 Å². The van der Waals surface area contributed by atoms with Gasteiger partial charge in [0.1, 0.15) is 5.60 Å². The van der Waals surface area contributed by atoms with Crippen molar-refractivity contribution in [1.82, 2.24) is 0 Å². The smallest absolute Gasteiger partial charge is 0.164 e. The Balaban J connectivity index is 2.22. The summed E-state index contributed by atoms with van der Waals surface area (Å²) in [5, 5.41) is 9.42. The Morgan fingerprint density at radius 1 is 1.46 bits per heavy atom. The molecule has 1 spiro atoms. The van der Waals surface area contributed by atoms with Gasteiger partial charge in [-0.05, 0) is 20.8 Å². The molecule has 0 aromatic rings. The molecule has 3 heteroatoms. The van der Waals surface area contributed by atoms with Gasteiger partial charge in [0, 0.05) is 6.42 Å². The Morgan fingerprint density at radius 3 is 2.54 bits per heavy atom. The van der Waals surface area contributed by atoms with Crippen molar-refractivity contribution in [3.8, 4) is 0 Å². The van der Waals surface area contributed by atoms with Crippen molar-refractivity contribution in [2.24, 2.45) is 0 Å². The van der Waals surface area contributed by atoms with E-state index in [1.54, 1.807) is 6.08 Å². The van der Waals surface area contributed by atoms with E-state index < -0.39 is 11.4 Å². The molecular formula is C10H16O3. The van der Waals surface area contributed by atoms with Gasteiger partial charge < -0.3 is 14.6 Å². The largest absolute Gasteiger partial charge is 0.389 e. The number of aliphatic hydroxyl groups excluding tert-OH is 1. The predicted octanol–water partition coefficient (Wildman–Crippen LogP) is 1.22. The SMILES string of the molecule is C[C@H]1OC(C)(C)O[C@]12C=C[C@@H](O)C2. The zero-order valence-corrected chi connectivity index (χ0v) is 8.28. The highest BCUT2D eigenvalue weighted by Gasteiger charge is 2.52. The lowest BCUT2D eigenvalue weighted by Crippen LogP contribution is -2.36. The number of rotatable bonds is 0. The zero-order valence-electron chi connectivity index (χ0n) is 8.28.